The van der Waals surface area contributed by atoms with E-state index in [1.807, 2.05) is 13.0 Å². The number of nitrogens with one attached hydrogen (secondary N) is 3. The van der Waals surface area contributed by atoms with Crippen molar-refractivity contribution in [2.24, 2.45) is 0 Å². The number of amides is 2. The van der Waals surface area contributed by atoms with E-state index in [1.54, 1.807) is 40.1 Å². The molecular formula is C19H25N5O4. The molecule has 0 aliphatic carbocycles. The van der Waals surface area contributed by atoms with Crippen molar-refractivity contribution in [1.82, 2.24) is 20.4 Å². The summed E-state index contributed by atoms with van der Waals surface area (Å²) in [6, 6.07) is 5.33. The number of rotatable bonds is 6. The Bertz CT molecular complexity index is 892. The third-order valence-corrected chi connectivity index (χ3v) is 4.42. The zero-order chi connectivity index (χ0) is 20.4. The van der Waals surface area contributed by atoms with Crippen LogP contribution < -0.4 is 20.1 Å². The predicted molar refractivity (Wildman–Crippen MR) is 104 cm³/mol. The van der Waals surface area contributed by atoms with Crippen LogP contribution in [-0.4, -0.2) is 53.7 Å². The first kappa shape index (κ1) is 19.5. The van der Waals surface area contributed by atoms with Crippen LogP contribution in [0, 0.1) is 6.92 Å². The topological polar surface area (TPSA) is 109 Å². The van der Waals surface area contributed by atoms with E-state index in [2.05, 4.69) is 20.8 Å². The zero-order valence-corrected chi connectivity index (χ0v) is 16.6. The Morgan fingerprint density at radius 1 is 1.29 bits per heavy atom. The summed E-state index contributed by atoms with van der Waals surface area (Å²) in [6.45, 7) is 5.78. The van der Waals surface area contributed by atoms with Crippen LogP contribution in [0.15, 0.2) is 18.2 Å². The standard InChI is InChI=1S/C19H25N5O4/c1-6-27-14-9-12(7-8-13(14)28-11(3)19(26)24(4)5)16-20-17-15(18(25)21-16)10(2)22-23-17/h7-9,11,16H,6H2,1-5H3,(H,21,25)(H2,20,22,23). The molecule has 0 saturated carbocycles. The molecule has 2 atom stereocenters. The first-order valence-corrected chi connectivity index (χ1v) is 9.08. The molecular weight excluding hydrogens is 362 g/mol. The van der Waals surface area contributed by atoms with Crippen LogP contribution in [0.1, 0.15) is 41.6 Å². The average molecular weight is 387 g/mol. The molecule has 9 nitrogen and oxygen atoms in total. The number of hydrogen-bond acceptors (Lipinski definition) is 6. The van der Waals surface area contributed by atoms with E-state index >= 15 is 0 Å². The van der Waals surface area contributed by atoms with Crippen molar-refractivity contribution >= 4 is 17.6 Å². The van der Waals surface area contributed by atoms with Crippen molar-refractivity contribution in [2.45, 2.75) is 33.0 Å². The van der Waals surface area contributed by atoms with Gasteiger partial charge >= 0.3 is 0 Å². The van der Waals surface area contributed by atoms with E-state index in [0.29, 0.717) is 35.2 Å². The van der Waals surface area contributed by atoms with Crippen molar-refractivity contribution in [3.8, 4) is 11.5 Å². The number of likely N-dealkylation sites (N-methyl/N-ethyl adjacent to an activating group) is 1. The molecule has 0 fully saturated rings. The number of carbonyl (C=O) groups is 2. The molecule has 0 bridgehead atoms. The summed E-state index contributed by atoms with van der Waals surface area (Å²) in [5, 5.41) is 13.1. The maximum Gasteiger partial charge on any atom is 0.262 e. The van der Waals surface area contributed by atoms with Gasteiger partial charge in [0.1, 0.15) is 11.7 Å². The van der Waals surface area contributed by atoms with E-state index < -0.39 is 12.3 Å². The quantitative estimate of drug-likeness (QED) is 0.698. The fourth-order valence-electron chi connectivity index (χ4n) is 3.03. The van der Waals surface area contributed by atoms with E-state index in [0.717, 1.165) is 5.56 Å². The molecule has 0 saturated heterocycles. The van der Waals surface area contributed by atoms with Gasteiger partial charge in [0.15, 0.2) is 23.4 Å². The minimum atomic E-state index is -0.651. The second kappa shape index (κ2) is 7.79. The van der Waals surface area contributed by atoms with Gasteiger partial charge in [0.2, 0.25) is 0 Å². The fourth-order valence-corrected chi connectivity index (χ4v) is 3.03. The van der Waals surface area contributed by atoms with Crippen LogP contribution in [0.2, 0.25) is 0 Å². The third kappa shape index (κ3) is 3.73. The molecule has 150 valence electrons. The Kier molecular flexibility index (Phi) is 5.43. The van der Waals surface area contributed by atoms with Gasteiger partial charge < -0.3 is 25.0 Å². The fraction of sp³-hybridized carbons (Fsp3) is 0.421. The first-order chi connectivity index (χ1) is 13.3. The van der Waals surface area contributed by atoms with Crippen LogP contribution in [0.5, 0.6) is 11.5 Å². The maximum absolute atomic E-state index is 12.4. The van der Waals surface area contributed by atoms with Crippen LogP contribution in [-0.2, 0) is 4.79 Å². The molecule has 2 unspecified atom stereocenters. The molecule has 0 radical (unpaired) electrons. The minimum Gasteiger partial charge on any atom is -0.490 e. The van der Waals surface area contributed by atoms with Crippen LogP contribution in [0.3, 0.4) is 0 Å². The Morgan fingerprint density at radius 2 is 2.04 bits per heavy atom. The largest absolute Gasteiger partial charge is 0.490 e. The summed E-state index contributed by atoms with van der Waals surface area (Å²) in [5.41, 5.74) is 2.00. The number of fused-ring (bicyclic) bond motifs is 1. The number of aryl methyl sites for hydroxylation is 1. The van der Waals surface area contributed by atoms with Crippen LogP contribution in [0.25, 0.3) is 0 Å². The van der Waals surface area contributed by atoms with Gasteiger partial charge in [-0.2, -0.15) is 5.10 Å². The highest BCUT2D eigenvalue weighted by Crippen LogP contribution is 2.33. The molecule has 2 aromatic rings. The highest BCUT2D eigenvalue weighted by atomic mass is 16.5. The Morgan fingerprint density at radius 3 is 2.71 bits per heavy atom. The van der Waals surface area contributed by atoms with Gasteiger partial charge in [-0.3, -0.25) is 14.7 Å². The summed E-state index contributed by atoms with van der Waals surface area (Å²) < 4.78 is 11.5. The molecule has 2 heterocycles. The summed E-state index contributed by atoms with van der Waals surface area (Å²) in [4.78, 5) is 26.0. The van der Waals surface area contributed by atoms with Crippen molar-refractivity contribution < 1.29 is 19.1 Å². The van der Waals surface area contributed by atoms with Crippen molar-refractivity contribution in [2.75, 3.05) is 26.0 Å². The van der Waals surface area contributed by atoms with Gasteiger partial charge in [0.05, 0.1) is 6.61 Å². The number of aromatic nitrogens is 2. The number of aromatic amines is 1. The summed E-state index contributed by atoms with van der Waals surface area (Å²) in [5.74, 6) is 1.13. The average Bonchev–Trinajstić information content (AvgIpc) is 3.03. The molecule has 9 heteroatoms. The molecule has 1 aliphatic rings. The van der Waals surface area contributed by atoms with Gasteiger partial charge in [0.25, 0.3) is 11.8 Å². The number of benzene rings is 1. The van der Waals surface area contributed by atoms with E-state index in [4.69, 9.17) is 9.47 Å². The third-order valence-electron chi connectivity index (χ3n) is 4.42. The molecule has 28 heavy (non-hydrogen) atoms. The number of ether oxygens (including phenoxy) is 2. The van der Waals surface area contributed by atoms with Gasteiger partial charge in [-0.05, 0) is 38.5 Å². The number of carbonyl (C=O) groups excluding carboxylic acids is 2. The normalized spacial score (nSPS) is 16.5. The Labute approximate surface area is 163 Å². The zero-order valence-electron chi connectivity index (χ0n) is 16.6. The summed E-state index contributed by atoms with van der Waals surface area (Å²) in [6.07, 6.45) is -1.11. The molecule has 1 aromatic heterocycles. The molecule has 2 amide bonds. The van der Waals surface area contributed by atoms with E-state index in [9.17, 15) is 9.59 Å². The SMILES string of the molecule is CCOc1cc(C2NC(=O)c3c(n[nH]c3C)N2)ccc1OC(C)C(=O)N(C)C. The molecule has 1 aliphatic heterocycles. The van der Waals surface area contributed by atoms with Crippen molar-refractivity contribution in [3.05, 3.63) is 35.0 Å². The van der Waals surface area contributed by atoms with Gasteiger partial charge in [0, 0.05) is 19.8 Å². The number of H-pyrrole nitrogens is 1. The van der Waals surface area contributed by atoms with Gasteiger partial charge in [-0.1, -0.05) is 6.07 Å². The maximum atomic E-state index is 12.4. The second-order valence-corrected chi connectivity index (χ2v) is 6.75. The lowest BCUT2D eigenvalue weighted by molar-refractivity contribution is -0.135. The van der Waals surface area contributed by atoms with Crippen molar-refractivity contribution in [3.63, 3.8) is 0 Å². The first-order valence-electron chi connectivity index (χ1n) is 9.08. The number of nitrogens with zero attached hydrogens (tertiary/aromatic N) is 2. The monoisotopic (exact) mass is 387 g/mol. The molecule has 3 rings (SSSR count). The van der Waals surface area contributed by atoms with Crippen LogP contribution >= 0.6 is 0 Å². The summed E-state index contributed by atoms with van der Waals surface area (Å²) in [7, 11) is 3.36. The lowest BCUT2D eigenvalue weighted by Gasteiger charge is -2.26. The Hall–Kier alpha value is -3.23. The van der Waals surface area contributed by atoms with E-state index in [-0.39, 0.29) is 11.8 Å². The van der Waals surface area contributed by atoms with E-state index in [1.165, 1.54) is 4.90 Å². The van der Waals surface area contributed by atoms with Crippen LogP contribution in [0.4, 0.5) is 5.82 Å². The molecule has 0 spiro atoms. The molecule has 1 aromatic carbocycles. The van der Waals surface area contributed by atoms with Gasteiger partial charge in [-0.15, -0.1) is 0 Å². The number of hydrogen-bond donors (Lipinski definition) is 3. The highest BCUT2D eigenvalue weighted by molar-refractivity contribution is 6.01. The molecule has 3 N–H and O–H groups in total. The van der Waals surface area contributed by atoms with Crippen molar-refractivity contribution in [1.29, 1.82) is 0 Å². The highest BCUT2D eigenvalue weighted by Gasteiger charge is 2.29. The predicted octanol–water partition coefficient (Wildman–Crippen LogP) is 1.83. The lowest BCUT2D eigenvalue weighted by atomic mass is 10.1. The lowest BCUT2D eigenvalue weighted by Crippen LogP contribution is -2.38. The van der Waals surface area contributed by atoms with Gasteiger partial charge in [-0.25, -0.2) is 0 Å². The minimum absolute atomic E-state index is 0.144. The number of anilines is 1. The second-order valence-electron chi connectivity index (χ2n) is 6.75. The smallest absolute Gasteiger partial charge is 0.262 e. The Balaban J connectivity index is 1.85. The summed E-state index contributed by atoms with van der Waals surface area (Å²) >= 11 is 0.